The molecule has 2 rings (SSSR count). The Balaban J connectivity index is 2.54. The summed E-state index contributed by atoms with van der Waals surface area (Å²) in [6.45, 7) is 1.10. The third-order valence-corrected chi connectivity index (χ3v) is 2.57. The zero-order chi connectivity index (χ0) is 10.3. The van der Waals surface area contributed by atoms with Gasteiger partial charge in [-0.1, -0.05) is 6.07 Å². The number of rotatable bonds is 0. The number of phenolic OH excluding ortho intramolecular Hbond substituents is 2. The van der Waals surface area contributed by atoms with E-state index < -0.39 is 6.10 Å². The SMILES string of the molecule is CN1Cc2c(ccc(O)c2O)C(O)C1. The van der Waals surface area contributed by atoms with Gasteiger partial charge in [0.05, 0.1) is 6.10 Å². The van der Waals surface area contributed by atoms with Gasteiger partial charge in [-0.05, 0) is 18.7 Å². The molecule has 76 valence electrons. The largest absolute Gasteiger partial charge is 0.504 e. The van der Waals surface area contributed by atoms with Gasteiger partial charge in [-0.15, -0.1) is 0 Å². The molecule has 1 aromatic rings. The zero-order valence-electron chi connectivity index (χ0n) is 7.94. The summed E-state index contributed by atoms with van der Waals surface area (Å²) in [5.74, 6) is -0.251. The molecule has 0 bridgehead atoms. The second-order valence-corrected chi connectivity index (χ2v) is 3.71. The Kier molecular flexibility index (Phi) is 2.09. The van der Waals surface area contributed by atoms with Crippen molar-refractivity contribution in [3.8, 4) is 11.5 Å². The number of aliphatic hydroxyl groups excluding tert-OH is 1. The Morgan fingerprint density at radius 1 is 1.36 bits per heavy atom. The number of fused-ring (bicyclic) bond motifs is 1. The van der Waals surface area contributed by atoms with Crippen LogP contribution in [0.1, 0.15) is 17.2 Å². The van der Waals surface area contributed by atoms with Gasteiger partial charge >= 0.3 is 0 Å². The van der Waals surface area contributed by atoms with E-state index in [-0.39, 0.29) is 11.5 Å². The predicted molar refractivity (Wildman–Crippen MR) is 51.1 cm³/mol. The van der Waals surface area contributed by atoms with Crippen molar-refractivity contribution in [1.82, 2.24) is 4.90 Å². The van der Waals surface area contributed by atoms with Crippen LogP contribution in [0.3, 0.4) is 0 Å². The molecule has 1 aliphatic rings. The van der Waals surface area contributed by atoms with Gasteiger partial charge in [0.1, 0.15) is 0 Å². The molecule has 1 unspecified atom stereocenters. The van der Waals surface area contributed by atoms with Gasteiger partial charge in [0.2, 0.25) is 0 Å². The van der Waals surface area contributed by atoms with E-state index >= 15 is 0 Å². The van der Waals surface area contributed by atoms with Crippen molar-refractivity contribution in [2.45, 2.75) is 12.6 Å². The Morgan fingerprint density at radius 2 is 2.07 bits per heavy atom. The van der Waals surface area contributed by atoms with Crippen molar-refractivity contribution >= 4 is 0 Å². The van der Waals surface area contributed by atoms with Crippen LogP contribution in [0.15, 0.2) is 12.1 Å². The molecule has 0 aromatic heterocycles. The number of hydrogen-bond acceptors (Lipinski definition) is 4. The predicted octanol–water partition coefficient (Wildman–Crippen LogP) is 0.577. The van der Waals surface area contributed by atoms with Crippen LogP contribution in [-0.2, 0) is 6.54 Å². The lowest BCUT2D eigenvalue weighted by molar-refractivity contribution is 0.106. The number of β-amino-alcohol motifs (C(OH)–C–C–N with tert-alkyl or cyclic N) is 1. The molecule has 0 fully saturated rings. The lowest BCUT2D eigenvalue weighted by Crippen LogP contribution is -2.30. The summed E-state index contributed by atoms with van der Waals surface area (Å²) in [5, 5.41) is 28.6. The van der Waals surface area contributed by atoms with E-state index in [0.717, 1.165) is 0 Å². The first-order valence-corrected chi connectivity index (χ1v) is 4.50. The number of aromatic hydroxyl groups is 2. The highest BCUT2D eigenvalue weighted by molar-refractivity contribution is 5.50. The average Bonchev–Trinajstić information content (AvgIpc) is 2.12. The third kappa shape index (κ3) is 1.32. The number of phenols is 2. The molecule has 1 aliphatic heterocycles. The van der Waals surface area contributed by atoms with Crippen molar-refractivity contribution in [2.75, 3.05) is 13.6 Å². The summed E-state index contributed by atoms with van der Waals surface area (Å²) in [6.07, 6.45) is -0.588. The highest BCUT2D eigenvalue weighted by Crippen LogP contribution is 2.37. The molecule has 0 radical (unpaired) electrons. The van der Waals surface area contributed by atoms with Crippen LogP contribution in [0.5, 0.6) is 11.5 Å². The molecule has 0 saturated heterocycles. The standard InChI is InChI=1S/C10H13NO3/c1-11-4-7-6(9(13)5-11)2-3-8(12)10(7)14/h2-3,9,12-14H,4-5H2,1H3. The first-order chi connectivity index (χ1) is 6.59. The fourth-order valence-electron chi connectivity index (χ4n) is 1.85. The van der Waals surface area contributed by atoms with E-state index in [1.807, 2.05) is 11.9 Å². The smallest absolute Gasteiger partial charge is 0.162 e. The monoisotopic (exact) mass is 195 g/mol. The summed E-state index contributed by atoms with van der Waals surface area (Å²) in [7, 11) is 1.86. The minimum atomic E-state index is -0.588. The lowest BCUT2D eigenvalue weighted by atomic mass is 9.96. The van der Waals surface area contributed by atoms with Crippen LogP contribution in [0, 0.1) is 0 Å². The lowest BCUT2D eigenvalue weighted by Gasteiger charge is -2.29. The van der Waals surface area contributed by atoms with Crippen molar-refractivity contribution in [3.63, 3.8) is 0 Å². The van der Waals surface area contributed by atoms with E-state index in [1.165, 1.54) is 6.07 Å². The summed E-state index contributed by atoms with van der Waals surface area (Å²) in [6, 6.07) is 3.06. The summed E-state index contributed by atoms with van der Waals surface area (Å²) in [5.41, 5.74) is 1.32. The van der Waals surface area contributed by atoms with Gasteiger partial charge < -0.3 is 15.3 Å². The maximum absolute atomic E-state index is 9.71. The van der Waals surface area contributed by atoms with E-state index in [0.29, 0.717) is 24.2 Å². The fourth-order valence-corrected chi connectivity index (χ4v) is 1.85. The number of benzene rings is 1. The number of likely N-dealkylation sites (N-methyl/N-ethyl adjacent to an activating group) is 1. The second-order valence-electron chi connectivity index (χ2n) is 3.71. The van der Waals surface area contributed by atoms with Crippen molar-refractivity contribution < 1.29 is 15.3 Å². The molecule has 3 N–H and O–H groups in total. The Morgan fingerprint density at radius 3 is 2.79 bits per heavy atom. The van der Waals surface area contributed by atoms with Gasteiger partial charge in [-0.25, -0.2) is 0 Å². The Labute approximate surface area is 82.0 Å². The van der Waals surface area contributed by atoms with Gasteiger partial charge in [0.15, 0.2) is 11.5 Å². The van der Waals surface area contributed by atoms with Gasteiger partial charge in [0, 0.05) is 18.7 Å². The van der Waals surface area contributed by atoms with E-state index in [1.54, 1.807) is 6.07 Å². The molecular formula is C10H13NO3. The summed E-state index contributed by atoms with van der Waals surface area (Å²) < 4.78 is 0. The normalized spacial score (nSPS) is 22.0. The maximum atomic E-state index is 9.71. The van der Waals surface area contributed by atoms with Crippen molar-refractivity contribution in [1.29, 1.82) is 0 Å². The van der Waals surface area contributed by atoms with Crippen LogP contribution >= 0.6 is 0 Å². The summed E-state index contributed by atoms with van der Waals surface area (Å²) >= 11 is 0. The molecule has 0 amide bonds. The van der Waals surface area contributed by atoms with Crippen LogP contribution in [0.25, 0.3) is 0 Å². The molecular weight excluding hydrogens is 182 g/mol. The fraction of sp³-hybridized carbons (Fsp3) is 0.400. The number of nitrogens with zero attached hydrogens (tertiary/aromatic N) is 1. The Bertz CT molecular complexity index is 365. The van der Waals surface area contributed by atoms with Gasteiger partial charge in [0.25, 0.3) is 0 Å². The first-order valence-electron chi connectivity index (χ1n) is 4.50. The maximum Gasteiger partial charge on any atom is 0.162 e. The molecule has 4 nitrogen and oxygen atoms in total. The minimum Gasteiger partial charge on any atom is -0.504 e. The molecule has 14 heavy (non-hydrogen) atoms. The van der Waals surface area contributed by atoms with E-state index in [2.05, 4.69) is 0 Å². The molecule has 0 saturated carbocycles. The van der Waals surface area contributed by atoms with Crippen molar-refractivity contribution in [3.05, 3.63) is 23.3 Å². The average molecular weight is 195 g/mol. The highest BCUT2D eigenvalue weighted by Gasteiger charge is 2.24. The molecule has 1 aromatic carbocycles. The van der Waals surface area contributed by atoms with E-state index in [4.69, 9.17) is 0 Å². The van der Waals surface area contributed by atoms with Crippen LogP contribution < -0.4 is 0 Å². The molecule has 1 atom stereocenters. The molecule has 1 heterocycles. The minimum absolute atomic E-state index is 0.117. The topological polar surface area (TPSA) is 63.9 Å². The summed E-state index contributed by atoms with van der Waals surface area (Å²) in [4.78, 5) is 1.90. The molecule has 0 aliphatic carbocycles. The number of aliphatic hydroxyl groups is 1. The quantitative estimate of drug-likeness (QED) is 0.530. The second kappa shape index (κ2) is 3.15. The highest BCUT2D eigenvalue weighted by atomic mass is 16.3. The van der Waals surface area contributed by atoms with Crippen LogP contribution in [0.4, 0.5) is 0 Å². The number of hydrogen-bond donors (Lipinski definition) is 3. The van der Waals surface area contributed by atoms with Crippen LogP contribution in [0.2, 0.25) is 0 Å². The first kappa shape index (κ1) is 9.30. The van der Waals surface area contributed by atoms with E-state index in [9.17, 15) is 15.3 Å². The van der Waals surface area contributed by atoms with Gasteiger partial charge in [-0.3, -0.25) is 4.90 Å². The Hall–Kier alpha value is -1.26. The van der Waals surface area contributed by atoms with Gasteiger partial charge in [-0.2, -0.15) is 0 Å². The third-order valence-electron chi connectivity index (χ3n) is 2.57. The molecule has 0 spiro atoms. The molecule has 4 heteroatoms. The van der Waals surface area contributed by atoms with Crippen LogP contribution in [-0.4, -0.2) is 33.8 Å². The zero-order valence-corrected chi connectivity index (χ0v) is 7.94. The van der Waals surface area contributed by atoms with Crippen molar-refractivity contribution in [2.24, 2.45) is 0 Å².